The predicted octanol–water partition coefficient (Wildman–Crippen LogP) is 6.45. The molecule has 23 heteroatoms. The van der Waals surface area contributed by atoms with E-state index in [-0.39, 0.29) is 18.9 Å². The lowest BCUT2D eigenvalue weighted by atomic mass is 9.88. The van der Waals surface area contributed by atoms with Gasteiger partial charge >= 0.3 is 5.97 Å². The molecule has 23 nitrogen and oxygen atoms in total. The Morgan fingerprint density at radius 3 is 1.56 bits per heavy atom. The van der Waals surface area contributed by atoms with E-state index in [2.05, 4.69) is 48.8 Å². The highest BCUT2D eigenvalue weighted by molar-refractivity contribution is 5.77. The second-order valence-electron chi connectivity index (χ2n) is 25.7. The standard InChI is InChI=1S/C68H124N2O21/c1-4-6-8-10-12-14-16-18-20-22-23-24-26-27-29-31-33-35-37-39-41-50(75)49(70-55(78)42-40-38-36-34-32-30-28-25-21-19-17-15-13-11-9-7-5-2)47-86-65-60(82)59(81)62(54(46-73)88-65)89-66-61(83)64(58(80)53(45-72)87-66)91-68(67(84)85)43-51(76)56(69-48(3)74)63(90-68)57(79)52(77)44-71/h13,15,19,21,49-54,56-66,71-73,75-77,79-83H,4-12,14,16-18,20,22-47H2,1-3H3,(H,69,74)(H,70,78)(H,84,85)/b15-13-,21-19-. The van der Waals surface area contributed by atoms with Gasteiger partial charge in [0, 0.05) is 19.8 Å². The van der Waals surface area contributed by atoms with Crippen molar-refractivity contribution in [3.05, 3.63) is 24.3 Å². The fourth-order valence-corrected chi connectivity index (χ4v) is 12.3. The molecule has 0 spiro atoms. The Morgan fingerprint density at radius 1 is 0.571 bits per heavy atom. The fourth-order valence-electron chi connectivity index (χ4n) is 12.3. The third-order valence-electron chi connectivity index (χ3n) is 17.9. The van der Waals surface area contributed by atoms with Gasteiger partial charge in [-0.2, -0.15) is 0 Å². The van der Waals surface area contributed by atoms with E-state index in [1.54, 1.807) is 0 Å². The number of aliphatic hydroxyl groups is 11. The van der Waals surface area contributed by atoms with Gasteiger partial charge in [0.05, 0.1) is 50.7 Å². The van der Waals surface area contributed by atoms with Gasteiger partial charge in [-0.3, -0.25) is 9.59 Å². The van der Waals surface area contributed by atoms with Gasteiger partial charge in [0.1, 0.15) is 67.1 Å². The Kier molecular flexibility index (Phi) is 44.2. The molecule has 3 fully saturated rings. The van der Waals surface area contributed by atoms with Crippen LogP contribution in [0.2, 0.25) is 0 Å². The molecule has 18 unspecified atom stereocenters. The summed E-state index contributed by atoms with van der Waals surface area (Å²) in [6.07, 6.45) is 18.8. The highest BCUT2D eigenvalue weighted by Gasteiger charge is 2.60. The second kappa shape index (κ2) is 48.8. The second-order valence-corrected chi connectivity index (χ2v) is 25.7. The molecule has 0 saturated carbocycles. The van der Waals surface area contributed by atoms with Crippen molar-refractivity contribution in [1.29, 1.82) is 0 Å². The zero-order valence-corrected chi connectivity index (χ0v) is 55.4. The largest absolute Gasteiger partial charge is 0.477 e. The summed E-state index contributed by atoms with van der Waals surface area (Å²) in [6.45, 7) is 2.18. The third kappa shape index (κ3) is 31.3. The van der Waals surface area contributed by atoms with Gasteiger partial charge < -0.3 is 100 Å². The topological polar surface area (TPSA) is 373 Å². The molecule has 3 aliphatic rings. The maximum absolute atomic E-state index is 13.5. The van der Waals surface area contributed by atoms with E-state index in [0.717, 1.165) is 90.4 Å². The number of carbonyl (C=O) groups is 3. The summed E-state index contributed by atoms with van der Waals surface area (Å²) < 4.78 is 34.9. The van der Waals surface area contributed by atoms with Crippen LogP contribution < -0.4 is 10.6 Å². The molecule has 14 N–H and O–H groups in total. The molecular formula is C68H124N2O21. The first-order chi connectivity index (χ1) is 43.9. The van der Waals surface area contributed by atoms with E-state index in [1.165, 1.54) is 116 Å². The van der Waals surface area contributed by atoms with Crippen molar-refractivity contribution in [2.75, 3.05) is 26.4 Å². The highest BCUT2D eigenvalue weighted by Crippen LogP contribution is 2.39. The average Bonchev–Trinajstić information content (AvgIpc) is 0.765. The number of ether oxygens (including phenoxy) is 6. The zero-order chi connectivity index (χ0) is 66.8. The van der Waals surface area contributed by atoms with Crippen LogP contribution >= 0.6 is 0 Å². The van der Waals surface area contributed by atoms with Crippen LogP contribution in [0.25, 0.3) is 0 Å². The Balaban J connectivity index is 1.59. The van der Waals surface area contributed by atoms with Crippen molar-refractivity contribution < 1.29 is 104 Å². The van der Waals surface area contributed by atoms with Gasteiger partial charge in [-0.25, -0.2) is 4.79 Å². The number of carboxylic acid groups (broad SMARTS) is 1. The molecule has 3 heterocycles. The lowest BCUT2D eigenvalue weighted by Crippen LogP contribution is -2.70. The molecular weight excluding hydrogens is 1180 g/mol. The van der Waals surface area contributed by atoms with Gasteiger partial charge in [-0.05, 0) is 44.9 Å². The van der Waals surface area contributed by atoms with E-state index in [9.17, 15) is 75.7 Å². The zero-order valence-electron chi connectivity index (χ0n) is 55.4. The molecule has 3 rings (SSSR count). The number of rotatable bonds is 53. The van der Waals surface area contributed by atoms with E-state index in [4.69, 9.17) is 28.4 Å². The summed E-state index contributed by atoms with van der Waals surface area (Å²) in [6, 6.07) is -2.53. The molecule has 532 valence electrons. The van der Waals surface area contributed by atoms with Gasteiger partial charge in [-0.1, -0.05) is 212 Å². The van der Waals surface area contributed by atoms with Crippen molar-refractivity contribution in [3.63, 3.8) is 0 Å². The number of allylic oxidation sites excluding steroid dienone is 4. The van der Waals surface area contributed by atoms with Crippen LogP contribution in [-0.4, -0.2) is 215 Å². The summed E-state index contributed by atoms with van der Waals surface area (Å²) in [5.74, 6) is -6.11. The molecule has 18 atom stereocenters. The Labute approximate surface area is 543 Å². The SMILES string of the molecule is CCCCC/C=C\C/C=C\CCCCCCCCCC(=O)NC(COC1OC(CO)C(OC2OC(CO)C(O)C(OC3(C(=O)O)CC(O)C(NC(C)=O)C(C(O)C(O)CO)O3)C2O)C(O)C1O)C(O)CCCCCCCCCCCCCCCCCCCCCC. The number of hydrogen-bond donors (Lipinski definition) is 14. The van der Waals surface area contributed by atoms with Gasteiger partial charge in [0.2, 0.25) is 11.8 Å². The number of hydrogen-bond acceptors (Lipinski definition) is 20. The fraction of sp³-hybridized carbons (Fsp3) is 0.897. The molecule has 0 radical (unpaired) electrons. The van der Waals surface area contributed by atoms with Gasteiger partial charge in [0.25, 0.3) is 5.79 Å². The number of aliphatic carboxylic acids is 1. The van der Waals surface area contributed by atoms with Gasteiger partial charge in [0.15, 0.2) is 12.6 Å². The third-order valence-corrected chi connectivity index (χ3v) is 17.9. The van der Waals surface area contributed by atoms with Crippen LogP contribution in [0.5, 0.6) is 0 Å². The number of nitrogens with one attached hydrogen (secondary N) is 2. The predicted molar refractivity (Wildman–Crippen MR) is 343 cm³/mol. The molecule has 3 saturated heterocycles. The quantitative estimate of drug-likeness (QED) is 0.0230. The lowest BCUT2D eigenvalue weighted by molar-refractivity contribution is -0.386. The highest BCUT2D eigenvalue weighted by atomic mass is 16.8. The van der Waals surface area contributed by atoms with Crippen molar-refractivity contribution in [3.8, 4) is 0 Å². The summed E-state index contributed by atoms with van der Waals surface area (Å²) in [4.78, 5) is 38.6. The lowest BCUT2D eigenvalue weighted by Gasteiger charge is -2.50. The van der Waals surface area contributed by atoms with E-state index in [1.807, 2.05) is 0 Å². The Bertz CT molecular complexity index is 1940. The van der Waals surface area contributed by atoms with Gasteiger partial charge in [-0.15, -0.1) is 0 Å². The number of unbranched alkanes of at least 4 members (excludes halogenated alkanes) is 29. The van der Waals surface area contributed by atoms with Crippen LogP contribution in [-0.2, 0) is 42.8 Å². The first-order valence-corrected chi connectivity index (χ1v) is 35.2. The minimum absolute atomic E-state index is 0.214. The number of carboxylic acids is 1. The van der Waals surface area contributed by atoms with E-state index >= 15 is 0 Å². The first-order valence-electron chi connectivity index (χ1n) is 35.2. The Morgan fingerprint density at radius 2 is 1.05 bits per heavy atom. The maximum Gasteiger partial charge on any atom is 0.364 e. The van der Waals surface area contributed by atoms with Crippen LogP contribution in [0, 0.1) is 0 Å². The Hall–Kier alpha value is -2.79. The molecule has 91 heavy (non-hydrogen) atoms. The molecule has 0 aromatic carbocycles. The van der Waals surface area contributed by atoms with Crippen LogP contribution in [0.15, 0.2) is 24.3 Å². The number of amides is 2. The minimum Gasteiger partial charge on any atom is -0.477 e. The molecule has 0 aromatic rings. The van der Waals surface area contributed by atoms with Crippen molar-refractivity contribution in [2.45, 2.75) is 362 Å². The average molecular weight is 1310 g/mol. The monoisotopic (exact) mass is 1300 g/mol. The molecule has 2 amide bonds. The minimum atomic E-state index is -3.08. The number of carbonyl (C=O) groups excluding carboxylic acids is 2. The summed E-state index contributed by atoms with van der Waals surface area (Å²) in [5.41, 5.74) is 0. The summed E-state index contributed by atoms with van der Waals surface area (Å²) in [7, 11) is 0. The summed E-state index contributed by atoms with van der Waals surface area (Å²) >= 11 is 0. The van der Waals surface area contributed by atoms with Crippen molar-refractivity contribution >= 4 is 17.8 Å². The maximum atomic E-state index is 13.5. The summed E-state index contributed by atoms with van der Waals surface area (Å²) in [5, 5.41) is 136. The molecule has 0 aromatic heterocycles. The number of aliphatic hydroxyl groups excluding tert-OH is 11. The van der Waals surface area contributed by atoms with Crippen LogP contribution in [0.1, 0.15) is 252 Å². The van der Waals surface area contributed by atoms with Crippen LogP contribution in [0.3, 0.4) is 0 Å². The van der Waals surface area contributed by atoms with Crippen molar-refractivity contribution in [2.24, 2.45) is 0 Å². The van der Waals surface area contributed by atoms with E-state index < -0.39 is 148 Å². The molecule has 0 bridgehead atoms. The molecule has 0 aliphatic carbocycles. The smallest absolute Gasteiger partial charge is 0.364 e. The van der Waals surface area contributed by atoms with E-state index in [0.29, 0.717) is 19.3 Å². The van der Waals surface area contributed by atoms with Crippen LogP contribution in [0.4, 0.5) is 0 Å². The first kappa shape index (κ1) is 82.4. The normalized spacial score (nSPS) is 28.5. The van der Waals surface area contributed by atoms with Crippen molar-refractivity contribution in [1.82, 2.24) is 10.6 Å². The molecule has 3 aliphatic heterocycles.